The molecular weight excluding hydrogens is 412 g/mol. The van der Waals surface area contributed by atoms with E-state index in [1.165, 1.54) is 33.2 Å². The lowest BCUT2D eigenvalue weighted by atomic mass is 10.1. The number of carbonyl (C=O) groups excluding carboxylic acids is 3. The summed E-state index contributed by atoms with van der Waals surface area (Å²) in [5.41, 5.74) is 8.01. The van der Waals surface area contributed by atoms with Gasteiger partial charge in [-0.3, -0.25) is 25.2 Å². The van der Waals surface area contributed by atoms with E-state index in [-0.39, 0.29) is 24.7 Å². The molecule has 0 radical (unpaired) electrons. The van der Waals surface area contributed by atoms with Gasteiger partial charge in [0, 0.05) is 24.1 Å². The van der Waals surface area contributed by atoms with Crippen LogP contribution in [0.15, 0.2) is 41.5 Å². The van der Waals surface area contributed by atoms with Gasteiger partial charge in [0.1, 0.15) is 0 Å². The van der Waals surface area contributed by atoms with Gasteiger partial charge in [0.15, 0.2) is 0 Å². The lowest BCUT2D eigenvalue weighted by Gasteiger charge is -2.11. The molecule has 1 aliphatic carbocycles. The first-order chi connectivity index (χ1) is 15.1. The maximum absolute atomic E-state index is 12.4. The number of amides is 3. The minimum Gasteiger partial charge on any atom is -0.273 e. The average Bonchev–Trinajstić information content (AvgIpc) is 3.39. The second kappa shape index (κ2) is 9.87. The number of thiophene rings is 1. The van der Waals surface area contributed by atoms with Crippen LogP contribution in [0, 0.1) is 0 Å². The molecule has 0 bridgehead atoms. The Morgan fingerprint density at radius 3 is 2.61 bits per heavy atom. The van der Waals surface area contributed by atoms with Gasteiger partial charge in [-0.1, -0.05) is 36.8 Å². The van der Waals surface area contributed by atoms with Crippen molar-refractivity contribution in [2.75, 3.05) is 6.54 Å². The zero-order chi connectivity index (χ0) is 21.6. The summed E-state index contributed by atoms with van der Waals surface area (Å²) in [6.45, 7) is 0.518. The number of rotatable bonds is 5. The normalized spacial score (nSPS) is 15.6. The predicted octanol–water partition coefficient (Wildman–Crippen LogP) is 3.19. The van der Waals surface area contributed by atoms with Crippen molar-refractivity contribution in [1.29, 1.82) is 0 Å². The molecule has 2 N–H and O–H groups in total. The molecule has 8 heteroatoms. The van der Waals surface area contributed by atoms with E-state index < -0.39 is 5.91 Å². The highest BCUT2D eigenvalue weighted by atomic mass is 32.1. The van der Waals surface area contributed by atoms with Crippen LogP contribution in [-0.4, -0.2) is 35.0 Å². The van der Waals surface area contributed by atoms with Gasteiger partial charge in [-0.15, -0.1) is 11.3 Å². The molecule has 2 aliphatic rings. The van der Waals surface area contributed by atoms with E-state index in [0.29, 0.717) is 17.8 Å². The largest absolute Gasteiger partial charge is 0.279 e. The Morgan fingerprint density at radius 1 is 0.968 bits per heavy atom. The van der Waals surface area contributed by atoms with E-state index in [0.717, 1.165) is 37.0 Å². The molecule has 2 aromatic rings. The summed E-state index contributed by atoms with van der Waals surface area (Å²) in [7, 11) is 0. The topological polar surface area (TPSA) is 90.9 Å². The van der Waals surface area contributed by atoms with E-state index in [1.807, 2.05) is 36.4 Å². The molecule has 4 rings (SSSR count). The molecule has 1 aromatic carbocycles. The highest BCUT2D eigenvalue weighted by Gasteiger charge is 2.22. The summed E-state index contributed by atoms with van der Waals surface area (Å²) < 4.78 is 0. The molecule has 31 heavy (non-hydrogen) atoms. The van der Waals surface area contributed by atoms with Crippen LogP contribution in [0.25, 0.3) is 0 Å². The van der Waals surface area contributed by atoms with Gasteiger partial charge in [-0.25, -0.2) is 5.01 Å². The van der Waals surface area contributed by atoms with Crippen molar-refractivity contribution in [3.8, 4) is 0 Å². The lowest BCUT2D eigenvalue weighted by molar-refractivity contribution is -0.133. The van der Waals surface area contributed by atoms with Gasteiger partial charge in [0.2, 0.25) is 11.8 Å². The average molecular weight is 439 g/mol. The van der Waals surface area contributed by atoms with Crippen LogP contribution in [0.5, 0.6) is 0 Å². The number of hydrazine groups is 1. The maximum Gasteiger partial charge on any atom is 0.279 e. The van der Waals surface area contributed by atoms with Gasteiger partial charge in [-0.2, -0.15) is 5.10 Å². The molecule has 162 valence electrons. The maximum atomic E-state index is 12.4. The molecule has 0 atom stereocenters. The molecule has 0 fully saturated rings. The van der Waals surface area contributed by atoms with Crippen LogP contribution in [0.3, 0.4) is 0 Å². The standard InChI is InChI=1S/C23H26N4O3S/c28-21(24-25-23(30)20-15-17-9-5-2-6-10-19(17)31-20)11-12-22(29)27-14-13-18(26-27)16-7-3-1-4-8-16/h1,3-4,7-8,15H,2,5-6,9-14H2,(H,24,28)(H,25,30). The third kappa shape index (κ3) is 5.38. The van der Waals surface area contributed by atoms with Crippen molar-refractivity contribution in [3.63, 3.8) is 0 Å². The van der Waals surface area contributed by atoms with Crippen LogP contribution in [0.2, 0.25) is 0 Å². The van der Waals surface area contributed by atoms with Gasteiger partial charge in [-0.05, 0) is 42.9 Å². The Labute approximate surface area is 185 Å². The van der Waals surface area contributed by atoms with Crippen molar-refractivity contribution in [2.45, 2.75) is 51.4 Å². The van der Waals surface area contributed by atoms with Crippen molar-refractivity contribution in [2.24, 2.45) is 5.10 Å². The predicted molar refractivity (Wildman–Crippen MR) is 120 cm³/mol. The summed E-state index contributed by atoms with van der Waals surface area (Å²) in [6, 6.07) is 11.7. The van der Waals surface area contributed by atoms with Crippen molar-refractivity contribution < 1.29 is 14.4 Å². The zero-order valence-corrected chi connectivity index (χ0v) is 18.2. The smallest absolute Gasteiger partial charge is 0.273 e. The third-order valence-corrected chi connectivity index (χ3v) is 6.78. The number of fused-ring (bicyclic) bond motifs is 1. The van der Waals surface area contributed by atoms with Crippen LogP contribution < -0.4 is 10.9 Å². The SMILES string of the molecule is O=C(CCC(=O)N1CCC(c2ccccc2)=N1)NNC(=O)c1cc2c(s1)CCCCC2. The lowest BCUT2D eigenvalue weighted by Crippen LogP contribution is -2.41. The molecule has 1 aliphatic heterocycles. The summed E-state index contributed by atoms with van der Waals surface area (Å²) >= 11 is 1.50. The Hall–Kier alpha value is -3.00. The number of carbonyl (C=O) groups is 3. The molecule has 0 unspecified atom stereocenters. The second-order valence-electron chi connectivity index (χ2n) is 7.80. The first-order valence-corrected chi connectivity index (χ1v) is 11.6. The molecule has 3 amide bonds. The number of hydrogen-bond acceptors (Lipinski definition) is 5. The Balaban J connectivity index is 1.22. The highest BCUT2D eigenvalue weighted by molar-refractivity contribution is 7.14. The fourth-order valence-electron chi connectivity index (χ4n) is 3.85. The monoisotopic (exact) mass is 438 g/mol. The van der Waals surface area contributed by atoms with Crippen molar-refractivity contribution in [3.05, 3.63) is 57.3 Å². The zero-order valence-electron chi connectivity index (χ0n) is 17.4. The van der Waals surface area contributed by atoms with Crippen LogP contribution in [0.4, 0.5) is 0 Å². The van der Waals surface area contributed by atoms with Gasteiger partial charge >= 0.3 is 0 Å². The Bertz CT molecular complexity index is 976. The van der Waals surface area contributed by atoms with E-state index in [4.69, 9.17) is 0 Å². The Kier molecular flexibility index (Phi) is 6.76. The van der Waals surface area contributed by atoms with Crippen LogP contribution in [-0.2, 0) is 22.4 Å². The number of nitrogens with one attached hydrogen (secondary N) is 2. The summed E-state index contributed by atoms with van der Waals surface area (Å²) in [6.07, 6.45) is 6.31. The summed E-state index contributed by atoms with van der Waals surface area (Å²) in [5, 5.41) is 5.81. The van der Waals surface area contributed by atoms with Gasteiger partial charge < -0.3 is 0 Å². The van der Waals surface area contributed by atoms with Crippen molar-refractivity contribution >= 4 is 34.8 Å². The van der Waals surface area contributed by atoms with Gasteiger partial charge in [0.05, 0.1) is 17.1 Å². The first kappa shape index (κ1) is 21.2. The van der Waals surface area contributed by atoms with Crippen LogP contribution in [0.1, 0.15) is 64.2 Å². The fraction of sp³-hybridized carbons (Fsp3) is 0.391. The molecule has 7 nitrogen and oxygen atoms in total. The van der Waals surface area contributed by atoms with E-state index in [2.05, 4.69) is 16.0 Å². The van der Waals surface area contributed by atoms with Gasteiger partial charge in [0.25, 0.3) is 5.91 Å². The molecular formula is C23H26N4O3S. The fourth-order valence-corrected chi connectivity index (χ4v) is 5.00. The molecule has 0 spiro atoms. The molecule has 0 saturated carbocycles. The first-order valence-electron chi connectivity index (χ1n) is 10.7. The van der Waals surface area contributed by atoms with Crippen LogP contribution >= 0.6 is 11.3 Å². The molecule has 2 heterocycles. The van der Waals surface area contributed by atoms with E-state index >= 15 is 0 Å². The summed E-state index contributed by atoms with van der Waals surface area (Å²) in [5.74, 6) is -0.907. The second-order valence-corrected chi connectivity index (χ2v) is 8.94. The number of hydrazone groups is 1. The molecule has 0 saturated heterocycles. The third-order valence-electron chi connectivity index (χ3n) is 5.55. The quantitative estimate of drug-likeness (QED) is 0.555. The van der Waals surface area contributed by atoms with Crippen molar-refractivity contribution in [1.82, 2.24) is 15.9 Å². The van der Waals surface area contributed by atoms with E-state index in [9.17, 15) is 14.4 Å². The number of benzene rings is 1. The minimum atomic E-state index is -0.397. The Morgan fingerprint density at radius 2 is 1.77 bits per heavy atom. The number of nitrogens with zero attached hydrogens (tertiary/aromatic N) is 2. The molecule has 1 aromatic heterocycles. The number of hydrogen-bond donors (Lipinski definition) is 2. The number of aryl methyl sites for hydroxylation is 2. The minimum absolute atomic E-state index is 0.00720. The van der Waals surface area contributed by atoms with E-state index in [1.54, 1.807) is 0 Å². The highest BCUT2D eigenvalue weighted by Crippen LogP contribution is 2.28. The summed E-state index contributed by atoms with van der Waals surface area (Å²) in [4.78, 5) is 38.7.